The molecule has 66 valence electrons. The van der Waals surface area contributed by atoms with Gasteiger partial charge >= 0.3 is 5.97 Å². The second-order valence-electron chi connectivity index (χ2n) is 1.90. The fraction of sp³-hybridized carbons (Fsp3) is 0.833. The SMILES string of the molecule is CCN(O)CCOC(=O)CI. The molecule has 0 saturated carbocycles. The number of halogens is 1. The number of carbonyl (C=O) groups excluding carboxylic acids is 1. The summed E-state index contributed by atoms with van der Waals surface area (Å²) in [5, 5.41) is 9.98. The second-order valence-corrected chi connectivity index (χ2v) is 2.66. The number of likely N-dealkylation sites (N-methyl/N-ethyl adjacent to an activating group) is 1. The van der Waals surface area contributed by atoms with E-state index in [1.54, 1.807) is 0 Å². The molecule has 0 unspecified atom stereocenters. The largest absolute Gasteiger partial charge is 0.464 e. The molecule has 0 atom stereocenters. The van der Waals surface area contributed by atoms with Crippen LogP contribution in [0.2, 0.25) is 0 Å². The zero-order chi connectivity index (χ0) is 8.69. The standard InChI is InChI=1S/C6H12INO3/c1-2-8(10)3-4-11-6(9)5-7/h10H,2-5H2,1H3. The molecular weight excluding hydrogens is 261 g/mol. The number of ether oxygens (including phenoxy) is 1. The van der Waals surface area contributed by atoms with Gasteiger partial charge in [0.25, 0.3) is 0 Å². The number of hydrogen-bond acceptors (Lipinski definition) is 4. The summed E-state index contributed by atoms with van der Waals surface area (Å²) in [5.74, 6) is -0.241. The minimum Gasteiger partial charge on any atom is -0.464 e. The van der Waals surface area contributed by atoms with Crippen LogP contribution in [0.3, 0.4) is 0 Å². The van der Waals surface area contributed by atoms with Gasteiger partial charge in [0, 0.05) is 6.54 Å². The van der Waals surface area contributed by atoms with E-state index < -0.39 is 0 Å². The molecule has 1 N–H and O–H groups in total. The van der Waals surface area contributed by atoms with Gasteiger partial charge in [-0.2, -0.15) is 5.06 Å². The lowest BCUT2D eigenvalue weighted by molar-refractivity contribution is -0.145. The molecule has 0 aliphatic rings. The van der Waals surface area contributed by atoms with Crippen LogP contribution in [0, 0.1) is 0 Å². The van der Waals surface area contributed by atoms with E-state index in [9.17, 15) is 4.79 Å². The van der Waals surface area contributed by atoms with Crippen LogP contribution in [-0.4, -0.2) is 40.4 Å². The van der Waals surface area contributed by atoms with Crippen LogP contribution in [0.25, 0.3) is 0 Å². The average Bonchev–Trinajstić information content (AvgIpc) is 2.04. The van der Waals surface area contributed by atoms with Gasteiger partial charge in [-0.1, -0.05) is 29.5 Å². The van der Waals surface area contributed by atoms with Crippen molar-refractivity contribution in [3.63, 3.8) is 0 Å². The van der Waals surface area contributed by atoms with Crippen molar-refractivity contribution in [1.82, 2.24) is 5.06 Å². The molecule has 11 heavy (non-hydrogen) atoms. The zero-order valence-corrected chi connectivity index (χ0v) is 8.57. The molecule has 4 nitrogen and oxygen atoms in total. The number of carbonyl (C=O) groups is 1. The van der Waals surface area contributed by atoms with Gasteiger partial charge in [-0.05, 0) is 0 Å². The first-order valence-corrected chi connectivity index (χ1v) is 4.88. The molecule has 5 heteroatoms. The number of alkyl halides is 1. The van der Waals surface area contributed by atoms with Gasteiger partial charge in [0.15, 0.2) is 0 Å². The van der Waals surface area contributed by atoms with Gasteiger partial charge in [0.05, 0.1) is 11.0 Å². The quantitative estimate of drug-likeness (QED) is 0.346. The van der Waals surface area contributed by atoms with Crippen molar-refractivity contribution in [2.24, 2.45) is 0 Å². The molecule has 0 saturated heterocycles. The lowest BCUT2D eigenvalue weighted by Crippen LogP contribution is -2.24. The smallest absolute Gasteiger partial charge is 0.315 e. The third-order valence-corrected chi connectivity index (χ3v) is 1.71. The molecule has 0 fully saturated rings. The third kappa shape index (κ3) is 6.52. The normalized spacial score (nSPS) is 10.2. The Kier molecular flexibility index (Phi) is 6.88. The van der Waals surface area contributed by atoms with Crippen molar-refractivity contribution in [3.05, 3.63) is 0 Å². The van der Waals surface area contributed by atoms with Gasteiger partial charge in [-0.3, -0.25) is 4.79 Å². The van der Waals surface area contributed by atoms with Crippen LogP contribution in [0.1, 0.15) is 6.92 Å². The maximum Gasteiger partial charge on any atom is 0.315 e. The second kappa shape index (κ2) is 6.81. The van der Waals surface area contributed by atoms with Gasteiger partial charge in [0.1, 0.15) is 6.61 Å². The van der Waals surface area contributed by atoms with Crippen LogP contribution < -0.4 is 0 Å². The molecule has 0 aliphatic heterocycles. The Labute approximate surface area is 79.6 Å². The van der Waals surface area contributed by atoms with E-state index in [0.717, 1.165) is 5.06 Å². The summed E-state index contributed by atoms with van der Waals surface area (Å²) >= 11 is 1.93. The van der Waals surface area contributed by atoms with Crippen molar-refractivity contribution in [2.75, 3.05) is 24.1 Å². The van der Waals surface area contributed by atoms with E-state index in [0.29, 0.717) is 17.5 Å². The van der Waals surface area contributed by atoms with Crippen molar-refractivity contribution in [1.29, 1.82) is 0 Å². The third-order valence-electron chi connectivity index (χ3n) is 1.09. The Bertz CT molecular complexity index is 120. The minimum absolute atomic E-state index is 0.241. The highest BCUT2D eigenvalue weighted by Crippen LogP contribution is 1.87. The molecule has 0 aliphatic carbocycles. The maximum atomic E-state index is 10.6. The van der Waals surface area contributed by atoms with Crippen molar-refractivity contribution >= 4 is 28.6 Å². The molecule has 0 heterocycles. The van der Waals surface area contributed by atoms with Crippen LogP contribution in [0.15, 0.2) is 0 Å². The number of hydroxylamine groups is 2. The summed E-state index contributed by atoms with van der Waals surface area (Å²) in [5.41, 5.74) is 0. The lowest BCUT2D eigenvalue weighted by atomic mass is 10.6. The van der Waals surface area contributed by atoms with E-state index in [4.69, 9.17) is 9.94 Å². The molecule has 0 aromatic rings. The highest BCUT2D eigenvalue weighted by atomic mass is 127. The fourth-order valence-electron chi connectivity index (χ4n) is 0.462. The summed E-state index contributed by atoms with van der Waals surface area (Å²) < 4.78 is 5.07. The summed E-state index contributed by atoms with van der Waals surface area (Å²) in [7, 11) is 0. The summed E-state index contributed by atoms with van der Waals surface area (Å²) in [6.45, 7) is 2.99. The van der Waals surface area contributed by atoms with Gasteiger partial charge in [-0.15, -0.1) is 0 Å². The molecule has 0 amide bonds. The first-order valence-electron chi connectivity index (χ1n) is 3.36. The molecule has 0 rings (SSSR count). The summed E-state index contributed by atoms with van der Waals surface area (Å²) in [6, 6.07) is 0. The first kappa shape index (κ1) is 11.1. The van der Waals surface area contributed by atoms with Crippen molar-refractivity contribution in [3.8, 4) is 0 Å². The zero-order valence-electron chi connectivity index (χ0n) is 6.42. The first-order chi connectivity index (χ1) is 5.20. The topological polar surface area (TPSA) is 49.8 Å². The Morgan fingerprint density at radius 2 is 2.36 bits per heavy atom. The molecule has 0 aromatic heterocycles. The Morgan fingerprint density at radius 3 is 2.82 bits per heavy atom. The monoisotopic (exact) mass is 273 g/mol. The summed E-state index contributed by atoms with van der Waals surface area (Å²) in [4.78, 5) is 10.6. The molecule has 0 bridgehead atoms. The molecule has 0 spiro atoms. The summed E-state index contributed by atoms with van der Waals surface area (Å²) in [6.07, 6.45) is 0. The van der Waals surface area contributed by atoms with E-state index in [1.165, 1.54) is 0 Å². The van der Waals surface area contributed by atoms with Crippen LogP contribution in [0.4, 0.5) is 0 Å². The average molecular weight is 273 g/mol. The van der Waals surface area contributed by atoms with E-state index in [-0.39, 0.29) is 12.6 Å². The van der Waals surface area contributed by atoms with Crippen molar-refractivity contribution < 1.29 is 14.7 Å². The van der Waals surface area contributed by atoms with Gasteiger partial charge in [-0.25, -0.2) is 0 Å². The molecular formula is C6H12INO3. The number of nitrogens with zero attached hydrogens (tertiary/aromatic N) is 1. The Balaban J connectivity index is 3.20. The Hall–Kier alpha value is 0.120. The van der Waals surface area contributed by atoms with E-state index >= 15 is 0 Å². The highest BCUT2D eigenvalue weighted by Gasteiger charge is 2.00. The van der Waals surface area contributed by atoms with Crippen LogP contribution >= 0.6 is 22.6 Å². The van der Waals surface area contributed by atoms with Gasteiger partial charge < -0.3 is 9.94 Å². The maximum absolute atomic E-state index is 10.6. The van der Waals surface area contributed by atoms with Crippen LogP contribution in [0.5, 0.6) is 0 Å². The molecule has 0 radical (unpaired) electrons. The number of esters is 1. The minimum atomic E-state index is -0.241. The highest BCUT2D eigenvalue weighted by molar-refractivity contribution is 14.1. The Morgan fingerprint density at radius 1 is 1.73 bits per heavy atom. The lowest BCUT2D eigenvalue weighted by Gasteiger charge is -2.10. The number of hydrogen-bond donors (Lipinski definition) is 1. The fourth-order valence-corrected chi connectivity index (χ4v) is 0.682. The molecule has 0 aromatic carbocycles. The predicted molar refractivity (Wildman–Crippen MR) is 48.9 cm³/mol. The van der Waals surface area contributed by atoms with Gasteiger partial charge in [0.2, 0.25) is 0 Å². The predicted octanol–water partition coefficient (Wildman–Crippen LogP) is 0.676. The van der Waals surface area contributed by atoms with E-state index in [1.807, 2.05) is 29.5 Å². The van der Waals surface area contributed by atoms with Crippen molar-refractivity contribution in [2.45, 2.75) is 6.92 Å². The van der Waals surface area contributed by atoms with E-state index in [2.05, 4.69) is 0 Å². The number of rotatable bonds is 5. The van der Waals surface area contributed by atoms with Crippen LogP contribution in [-0.2, 0) is 9.53 Å².